The van der Waals surface area contributed by atoms with Crippen LogP contribution in [0.3, 0.4) is 0 Å². The molecule has 0 fully saturated rings. The SMILES string of the molecule is CC(Cn1ccnc1)NC(=O)NCC(c1ccsc1)N(C)C. The van der Waals surface area contributed by atoms with Crippen LogP contribution >= 0.6 is 11.3 Å². The summed E-state index contributed by atoms with van der Waals surface area (Å²) in [5.74, 6) is 0. The highest BCUT2D eigenvalue weighted by molar-refractivity contribution is 7.07. The molecule has 2 aromatic rings. The highest BCUT2D eigenvalue weighted by Gasteiger charge is 2.16. The lowest BCUT2D eigenvalue weighted by molar-refractivity contribution is 0.229. The molecule has 22 heavy (non-hydrogen) atoms. The molecule has 0 saturated carbocycles. The molecule has 0 radical (unpaired) electrons. The van der Waals surface area contributed by atoms with Gasteiger partial charge in [-0.2, -0.15) is 11.3 Å². The van der Waals surface area contributed by atoms with Crippen LogP contribution in [0.15, 0.2) is 35.5 Å². The van der Waals surface area contributed by atoms with Crippen LogP contribution in [-0.2, 0) is 6.54 Å². The van der Waals surface area contributed by atoms with Gasteiger partial charge in [-0.3, -0.25) is 0 Å². The molecule has 6 nitrogen and oxygen atoms in total. The Morgan fingerprint density at radius 2 is 2.32 bits per heavy atom. The van der Waals surface area contributed by atoms with Gasteiger partial charge in [0.15, 0.2) is 0 Å². The van der Waals surface area contributed by atoms with Gasteiger partial charge in [0.1, 0.15) is 0 Å². The molecule has 2 amide bonds. The van der Waals surface area contributed by atoms with E-state index in [1.165, 1.54) is 5.56 Å². The minimum atomic E-state index is -0.144. The van der Waals surface area contributed by atoms with E-state index in [-0.39, 0.29) is 18.1 Å². The lowest BCUT2D eigenvalue weighted by Crippen LogP contribution is -2.45. The molecule has 0 spiro atoms. The molecule has 0 aromatic carbocycles. The zero-order valence-corrected chi connectivity index (χ0v) is 14.0. The molecule has 2 heterocycles. The second-order valence-corrected chi connectivity index (χ2v) is 6.33. The van der Waals surface area contributed by atoms with Crippen molar-refractivity contribution >= 4 is 17.4 Å². The van der Waals surface area contributed by atoms with Crippen LogP contribution in [-0.4, -0.2) is 47.2 Å². The number of thiophene rings is 1. The number of carbonyl (C=O) groups excluding carboxylic acids is 1. The molecular formula is C15H23N5OS. The Morgan fingerprint density at radius 3 is 2.91 bits per heavy atom. The van der Waals surface area contributed by atoms with Gasteiger partial charge in [-0.05, 0) is 43.4 Å². The summed E-state index contributed by atoms with van der Waals surface area (Å²) in [5, 5.41) is 10.1. The smallest absolute Gasteiger partial charge is 0.315 e. The minimum absolute atomic E-state index is 0.0353. The average Bonchev–Trinajstić information content (AvgIpc) is 3.11. The normalized spacial score (nSPS) is 13.8. The van der Waals surface area contributed by atoms with Crippen molar-refractivity contribution < 1.29 is 4.79 Å². The molecule has 2 N–H and O–H groups in total. The predicted molar refractivity (Wildman–Crippen MR) is 89.0 cm³/mol. The fourth-order valence-corrected chi connectivity index (χ4v) is 2.99. The highest BCUT2D eigenvalue weighted by Crippen LogP contribution is 2.19. The number of aromatic nitrogens is 2. The van der Waals surface area contributed by atoms with E-state index in [2.05, 4.69) is 37.3 Å². The van der Waals surface area contributed by atoms with E-state index >= 15 is 0 Å². The van der Waals surface area contributed by atoms with Gasteiger partial charge in [-0.25, -0.2) is 9.78 Å². The van der Waals surface area contributed by atoms with Gasteiger partial charge in [0, 0.05) is 31.5 Å². The number of hydrogen-bond donors (Lipinski definition) is 2. The molecule has 0 aliphatic carbocycles. The number of nitrogens with zero attached hydrogens (tertiary/aromatic N) is 3. The number of carbonyl (C=O) groups is 1. The van der Waals surface area contributed by atoms with Crippen molar-refractivity contribution in [2.75, 3.05) is 20.6 Å². The summed E-state index contributed by atoms with van der Waals surface area (Å²) >= 11 is 1.67. The Balaban J connectivity index is 1.78. The molecular weight excluding hydrogens is 298 g/mol. The third kappa shape index (κ3) is 4.85. The van der Waals surface area contributed by atoms with E-state index in [9.17, 15) is 4.79 Å². The molecule has 0 aliphatic rings. The Hall–Kier alpha value is -1.86. The van der Waals surface area contributed by atoms with Crippen molar-refractivity contribution in [2.24, 2.45) is 0 Å². The maximum atomic E-state index is 12.0. The first-order valence-electron chi connectivity index (χ1n) is 7.25. The fraction of sp³-hybridized carbons (Fsp3) is 0.467. The zero-order chi connectivity index (χ0) is 15.9. The van der Waals surface area contributed by atoms with Crippen LogP contribution in [0.25, 0.3) is 0 Å². The van der Waals surface area contributed by atoms with Gasteiger partial charge in [0.2, 0.25) is 0 Å². The summed E-state index contributed by atoms with van der Waals surface area (Å²) in [4.78, 5) is 18.1. The van der Waals surface area contributed by atoms with E-state index in [1.807, 2.05) is 31.8 Å². The number of rotatable bonds is 7. The van der Waals surface area contributed by atoms with Crippen molar-refractivity contribution in [3.05, 3.63) is 41.1 Å². The van der Waals surface area contributed by atoms with E-state index < -0.39 is 0 Å². The average molecular weight is 321 g/mol. The lowest BCUT2D eigenvalue weighted by atomic mass is 10.1. The number of hydrogen-bond acceptors (Lipinski definition) is 4. The summed E-state index contributed by atoms with van der Waals surface area (Å²) in [5.41, 5.74) is 1.22. The summed E-state index contributed by atoms with van der Waals surface area (Å²) in [6.45, 7) is 3.25. The van der Waals surface area contributed by atoms with E-state index in [0.717, 1.165) is 0 Å². The first-order chi connectivity index (χ1) is 10.6. The van der Waals surface area contributed by atoms with Gasteiger partial charge >= 0.3 is 6.03 Å². The number of imidazole rings is 1. The van der Waals surface area contributed by atoms with Gasteiger partial charge in [-0.15, -0.1) is 0 Å². The van der Waals surface area contributed by atoms with E-state index in [1.54, 1.807) is 23.9 Å². The highest BCUT2D eigenvalue weighted by atomic mass is 32.1. The van der Waals surface area contributed by atoms with Crippen molar-refractivity contribution in [3.8, 4) is 0 Å². The second-order valence-electron chi connectivity index (χ2n) is 5.55. The van der Waals surface area contributed by atoms with Gasteiger partial charge in [0.25, 0.3) is 0 Å². The van der Waals surface area contributed by atoms with Crippen molar-refractivity contribution in [1.29, 1.82) is 0 Å². The Bertz CT molecular complexity index is 553. The van der Waals surface area contributed by atoms with Crippen LogP contribution in [0.1, 0.15) is 18.5 Å². The standard InChI is InChI=1S/C15H23N5OS/c1-12(9-20-6-5-16-11-20)18-15(21)17-8-14(19(2)3)13-4-7-22-10-13/h4-7,10-12,14H,8-9H2,1-3H3,(H2,17,18,21). The maximum Gasteiger partial charge on any atom is 0.315 e. The van der Waals surface area contributed by atoms with Crippen LogP contribution in [0.2, 0.25) is 0 Å². The largest absolute Gasteiger partial charge is 0.336 e. The molecule has 2 atom stereocenters. The molecule has 120 valence electrons. The van der Waals surface area contributed by atoms with Crippen molar-refractivity contribution in [2.45, 2.75) is 25.6 Å². The summed E-state index contributed by atoms with van der Waals surface area (Å²) < 4.78 is 1.94. The summed E-state index contributed by atoms with van der Waals surface area (Å²) in [6, 6.07) is 2.17. The topological polar surface area (TPSA) is 62.2 Å². The van der Waals surface area contributed by atoms with Gasteiger partial charge in [0.05, 0.1) is 12.4 Å². The van der Waals surface area contributed by atoms with Crippen LogP contribution in [0.5, 0.6) is 0 Å². The molecule has 2 unspecified atom stereocenters. The predicted octanol–water partition coefficient (Wildman–Crippen LogP) is 1.94. The third-order valence-electron chi connectivity index (χ3n) is 3.43. The second kappa shape index (κ2) is 7.95. The molecule has 0 bridgehead atoms. The van der Waals surface area contributed by atoms with Gasteiger partial charge in [-0.1, -0.05) is 0 Å². The van der Waals surface area contributed by atoms with Crippen LogP contribution in [0.4, 0.5) is 4.79 Å². The molecule has 0 aliphatic heterocycles. The molecule has 0 saturated heterocycles. The number of urea groups is 1. The lowest BCUT2D eigenvalue weighted by Gasteiger charge is -2.24. The quantitative estimate of drug-likeness (QED) is 0.819. The summed E-state index contributed by atoms with van der Waals surface area (Å²) in [7, 11) is 4.03. The van der Waals surface area contributed by atoms with E-state index in [4.69, 9.17) is 0 Å². The van der Waals surface area contributed by atoms with E-state index in [0.29, 0.717) is 13.1 Å². The van der Waals surface area contributed by atoms with Gasteiger partial charge < -0.3 is 20.1 Å². The maximum absolute atomic E-state index is 12.0. The number of amides is 2. The fourth-order valence-electron chi connectivity index (χ4n) is 2.28. The van der Waals surface area contributed by atoms with Crippen molar-refractivity contribution in [1.82, 2.24) is 25.1 Å². The monoisotopic (exact) mass is 321 g/mol. The molecule has 7 heteroatoms. The summed E-state index contributed by atoms with van der Waals surface area (Å²) in [6.07, 6.45) is 5.36. The zero-order valence-electron chi connectivity index (χ0n) is 13.2. The Labute approximate surface area is 135 Å². The number of nitrogens with one attached hydrogen (secondary N) is 2. The van der Waals surface area contributed by atoms with Crippen LogP contribution < -0.4 is 10.6 Å². The minimum Gasteiger partial charge on any atom is -0.336 e. The van der Waals surface area contributed by atoms with Crippen LogP contribution in [0, 0.1) is 0 Å². The third-order valence-corrected chi connectivity index (χ3v) is 4.13. The first kappa shape index (κ1) is 16.5. The Kier molecular flexibility index (Phi) is 5.97. The first-order valence-corrected chi connectivity index (χ1v) is 8.19. The number of likely N-dealkylation sites (N-methyl/N-ethyl adjacent to an activating group) is 1. The molecule has 2 rings (SSSR count). The van der Waals surface area contributed by atoms with Crippen molar-refractivity contribution in [3.63, 3.8) is 0 Å². The molecule has 2 aromatic heterocycles. The Morgan fingerprint density at radius 1 is 1.50 bits per heavy atom.